The van der Waals surface area contributed by atoms with Crippen LogP contribution < -0.4 is 15.4 Å². The smallest absolute Gasteiger partial charge is 0.238 e. The summed E-state index contributed by atoms with van der Waals surface area (Å²) in [5.74, 6) is 0.956. The Morgan fingerprint density at radius 2 is 1.61 bits per heavy atom. The second kappa shape index (κ2) is 10.6. The first kappa shape index (κ1) is 22.3. The lowest BCUT2D eigenvalue weighted by Gasteiger charge is -2.29. The van der Waals surface area contributed by atoms with Crippen LogP contribution in [-0.2, 0) is 4.79 Å². The summed E-state index contributed by atoms with van der Waals surface area (Å²) in [6.07, 6.45) is 4.68. The van der Waals surface area contributed by atoms with Crippen LogP contribution >= 0.6 is 11.3 Å². The second-order valence-corrected chi connectivity index (χ2v) is 9.90. The van der Waals surface area contributed by atoms with Crippen LogP contribution in [0.5, 0.6) is 5.75 Å². The van der Waals surface area contributed by atoms with E-state index in [1.807, 2.05) is 6.07 Å². The molecule has 0 aliphatic carbocycles. The highest BCUT2D eigenvalue weighted by Gasteiger charge is 2.18. The third-order valence-corrected chi connectivity index (χ3v) is 7.30. The minimum Gasteiger partial charge on any atom is -0.490 e. The molecule has 1 aromatic carbocycles. The van der Waals surface area contributed by atoms with Crippen molar-refractivity contribution in [3.63, 3.8) is 0 Å². The lowest BCUT2D eigenvalue weighted by Crippen LogP contribution is -2.43. The Morgan fingerprint density at radius 1 is 0.968 bits per heavy atom. The maximum atomic E-state index is 12.3. The van der Waals surface area contributed by atoms with Gasteiger partial charge in [0, 0.05) is 24.0 Å². The maximum Gasteiger partial charge on any atom is 0.238 e. The molecule has 168 valence electrons. The molecule has 2 aromatic rings. The average Bonchev–Trinajstić information content (AvgIpc) is 3.24. The highest BCUT2D eigenvalue weighted by Crippen LogP contribution is 2.32. The lowest BCUT2D eigenvalue weighted by atomic mass is 10.1. The van der Waals surface area contributed by atoms with Gasteiger partial charge in [-0.3, -0.25) is 4.79 Å². The van der Waals surface area contributed by atoms with Crippen LogP contribution in [0.4, 0.5) is 5.00 Å². The number of anilines is 1. The zero-order valence-corrected chi connectivity index (χ0v) is 19.4. The molecule has 2 aliphatic rings. The van der Waals surface area contributed by atoms with Crippen LogP contribution in [0.15, 0.2) is 36.4 Å². The summed E-state index contributed by atoms with van der Waals surface area (Å²) in [4.78, 5) is 18.1. The van der Waals surface area contributed by atoms with Crippen molar-refractivity contribution < 1.29 is 9.53 Å². The number of hydrogen-bond donors (Lipinski definition) is 2. The number of amides is 1. The minimum atomic E-state index is 0.0224. The molecule has 4 rings (SSSR count). The molecule has 3 heterocycles. The Balaban J connectivity index is 1.24. The van der Waals surface area contributed by atoms with E-state index in [1.165, 1.54) is 0 Å². The average molecular weight is 443 g/mol. The van der Waals surface area contributed by atoms with Crippen molar-refractivity contribution in [1.82, 2.24) is 15.1 Å². The second-order valence-electron chi connectivity index (χ2n) is 8.82. The Kier molecular flexibility index (Phi) is 7.61. The molecule has 2 saturated heterocycles. The first-order chi connectivity index (χ1) is 15.0. The summed E-state index contributed by atoms with van der Waals surface area (Å²) in [6, 6.07) is 12.8. The van der Waals surface area contributed by atoms with E-state index < -0.39 is 0 Å². The number of likely N-dealkylation sites (tertiary alicyclic amines) is 2. The molecule has 0 atom stereocenters. The number of ether oxygens (including phenoxy) is 1. The summed E-state index contributed by atoms with van der Waals surface area (Å²) in [5.41, 5.74) is 1.14. The Labute approximate surface area is 189 Å². The van der Waals surface area contributed by atoms with E-state index in [-0.39, 0.29) is 5.91 Å². The van der Waals surface area contributed by atoms with Gasteiger partial charge in [0.05, 0.1) is 11.5 Å². The number of piperidine rings is 2. The predicted octanol–water partition coefficient (Wildman–Crippen LogP) is 3.51. The van der Waals surface area contributed by atoms with E-state index >= 15 is 0 Å². The first-order valence-electron chi connectivity index (χ1n) is 11.3. The van der Waals surface area contributed by atoms with Crippen LogP contribution in [0.1, 0.15) is 25.7 Å². The quantitative estimate of drug-likeness (QED) is 0.687. The van der Waals surface area contributed by atoms with Gasteiger partial charge in [0.15, 0.2) is 0 Å². The lowest BCUT2D eigenvalue weighted by molar-refractivity contribution is -0.115. The summed E-state index contributed by atoms with van der Waals surface area (Å²) in [6.45, 7) is 4.75. The van der Waals surface area contributed by atoms with Crippen LogP contribution in [0, 0.1) is 0 Å². The zero-order valence-electron chi connectivity index (χ0n) is 18.6. The predicted molar refractivity (Wildman–Crippen MR) is 128 cm³/mol. The highest BCUT2D eigenvalue weighted by molar-refractivity contribution is 7.19. The number of hydrogen-bond acceptors (Lipinski definition) is 6. The van der Waals surface area contributed by atoms with Gasteiger partial charge >= 0.3 is 0 Å². The molecule has 2 aliphatic heterocycles. The van der Waals surface area contributed by atoms with E-state index in [0.717, 1.165) is 73.1 Å². The molecular weight excluding hydrogens is 408 g/mol. The standard InChI is InChI=1S/C24H34N4O2S/c1-27-13-9-19(10-14-27)25-17-23(29)26-24-8-7-22(31-24)18-3-5-20(6-4-18)30-21-11-15-28(2)16-12-21/h3-8,19,21,25H,9-17H2,1-2H3,(H,26,29). The van der Waals surface area contributed by atoms with E-state index in [1.54, 1.807) is 11.3 Å². The molecule has 7 heteroatoms. The number of rotatable bonds is 7. The molecule has 1 aromatic heterocycles. The maximum absolute atomic E-state index is 12.3. The SMILES string of the molecule is CN1CCC(NCC(=O)Nc2ccc(-c3ccc(OC4CCN(C)CC4)cc3)s2)CC1. The molecule has 0 bridgehead atoms. The third-order valence-electron chi connectivity index (χ3n) is 6.25. The van der Waals surface area contributed by atoms with Crippen molar-refractivity contribution in [3.05, 3.63) is 36.4 Å². The van der Waals surface area contributed by atoms with Gasteiger partial charge < -0.3 is 25.2 Å². The van der Waals surface area contributed by atoms with Gasteiger partial charge in [0.2, 0.25) is 5.91 Å². The van der Waals surface area contributed by atoms with Crippen LogP contribution in [0.25, 0.3) is 10.4 Å². The van der Waals surface area contributed by atoms with Crippen LogP contribution in [0.2, 0.25) is 0 Å². The van der Waals surface area contributed by atoms with Crippen molar-refractivity contribution >= 4 is 22.2 Å². The highest BCUT2D eigenvalue weighted by atomic mass is 32.1. The van der Waals surface area contributed by atoms with Gasteiger partial charge in [0.25, 0.3) is 0 Å². The van der Waals surface area contributed by atoms with Crippen LogP contribution in [-0.4, -0.2) is 74.7 Å². The summed E-state index contributed by atoms with van der Waals surface area (Å²) in [7, 11) is 4.31. The molecule has 0 unspecified atom stereocenters. The molecule has 31 heavy (non-hydrogen) atoms. The largest absolute Gasteiger partial charge is 0.490 e. The molecule has 1 amide bonds. The number of nitrogens with one attached hydrogen (secondary N) is 2. The summed E-state index contributed by atoms with van der Waals surface area (Å²) >= 11 is 1.61. The van der Waals surface area contributed by atoms with Gasteiger partial charge in [-0.2, -0.15) is 0 Å². The number of carbonyl (C=O) groups excluding carboxylic acids is 1. The van der Waals surface area contributed by atoms with Crippen molar-refractivity contribution in [1.29, 1.82) is 0 Å². The first-order valence-corrected chi connectivity index (χ1v) is 12.1. The molecule has 0 spiro atoms. The molecule has 0 radical (unpaired) electrons. The number of benzene rings is 1. The molecular formula is C24H34N4O2S. The number of carbonyl (C=O) groups is 1. The van der Waals surface area contributed by atoms with E-state index in [2.05, 4.69) is 64.9 Å². The van der Waals surface area contributed by atoms with Gasteiger partial charge in [-0.1, -0.05) is 0 Å². The Bertz CT molecular complexity index is 838. The van der Waals surface area contributed by atoms with Crippen molar-refractivity contribution in [2.75, 3.05) is 52.1 Å². The fourth-order valence-electron chi connectivity index (χ4n) is 4.18. The molecule has 2 N–H and O–H groups in total. The Hall–Kier alpha value is -1.93. The Morgan fingerprint density at radius 3 is 2.29 bits per heavy atom. The fraction of sp³-hybridized carbons (Fsp3) is 0.542. The summed E-state index contributed by atoms with van der Waals surface area (Å²) < 4.78 is 6.15. The van der Waals surface area contributed by atoms with Gasteiger partial charge in [-0.05, 0) is 94.8 Å². The van der Waals surface area contributed by atoms with Crippen molar-refractivity contribution in [3.8, 4) is 16.2 Å². The number of thiophene rings is 1. The van der Waals surface area contributed by atoms with Crippen LogP contribution in [0.3, 0.4) is 0 Å². The van der Waals surface area contributed by atoms with E-state index in [0.29, 0.717) is 18.7 Å². The van der Waals surface area contributed by atoms with E-state index in [9.17, 15) is 4.79 Å². The van der Waals surface area contributed by atoms with Crippen molar-refractivity contribution in [2.24, 2.45) is 0 Å². The monoisotopic (exact) mass is 442 g/mol. The molecule has 2 fully saturated rings. The third kappa shape index (κ3) is 6.53. The summed E-state index contributed by atoms with van der Waals surface area (Å²) in [5, 5.41) is 7.31. The topological polar surface area (TPSA) is 56.8 Å². The normalized spacial score (nSPS) is 19.4. The molecule has 0 saturated carbocycles. The zero-order chi connectivity index (χ0) is 21.6. The van der Waals surface area contributed by atoms with Gasteiger partial charge in [0.1, 0.15) is 11.9 Å². The van der Waals surface area contributed by atoms with Gasteiger partial charge in [-0.25, -0.2) is 0 Å². The fourth-order valence-corrected chi connectivity index (χ4v) is 5.11. The van der Waals surface area contributed by atoms with Gasteiger partial charge in [-0.15, -0.1) is 11.3 Å². The number of nitrogens with zero attached hydrogens (tertiary/aromatic N) is 2. The minimum absolute atomic E-state index is 0.0224. The van der Waals surface area contributed by atoms with E-state index in [4.69, 9.17) is 4.74 Å². The van der Waals surface area contributed by atoms with Crippen molar-refractivity contribution in [2.45, 2.75) is 37.8 Å². The molecule has 6 nitrogen and oxygen atoms in total.